The van der Waals surface area contributed by atoms with Gasteiger partial charge < -0.3 is 5.73 Å². The van der Waals surface area contributed by atoms with Crippen LogP contribution >= 0.6 is 15.9 Å². The first-order valence-electron chi connectivity index (χ1n) is 8.04. The summed E-state index contributed by atoms with van der Waals surface area (Å²) >= 11 is 3.77. The van der Waals surface area contributed by atoms with Gasteiger partial charge in [0.05, 0.1) is 15.9 Å². The number of nitrogens with zero attached hydrogens (tertiary/aromatic N) is 2. The summed E-state index contributed by atoms with van der Waals surface area (Å²) in [6, 6.07) is 0. The van der Waals surface area contributed by atoms with Gasteiger partial charge in [-0.05, 0) is 72.8 Å². The maximum absolute atomic E-state index is 6.00. The van der Waals surface area contributed by atoms with E-state index in [4.69, 9.17) is 10.8 Å². The molecule has 20 heavy (non-hydrogen) atoms. The minimum atomic E-state index is 0.684. The predicted molar refractivity (Wildman–Crippen MR) is 87.7 cm³/mol. The lowest BCUT2D eigenvalue weighted by Gasteiger charge is -2.34. The minimum Gasteiger partial charge on any atom is -0.330 e. The van der Waals surface area contributed by atoms with Crippen LogP contribution in [0.4, 0.5) is 0 Å². The van der Waals surface area contributed by atoms with Gasteiger partial charge in [-0.3, -0.25) is 4.68 Å². The molecule has 3 nitrogen and oxygen atoms in total. The van der Waals surface area contributed by atoms with Crippen molar-refractivity contribution in [1.29, 1.82) is 0 Å². The third kappa shape index (κ3) is 3.28. The van der Waals surface area contributed by atoms with Crippen molar-refractivity contribution in [2.24, 2.45) is 23.5 Å². The third-order valence-corrected chi connectivity index (χ3v) is 5.77. The van der Waals surface area contributed by atoms with E-state index < -0.39 is 0 Å². The Kier molecular flexibility index (Phi) is 5.67. The molecular weight excluding hydrogens is 314 g/mol. The average molecular weight is 342 g/mol. The van der Waals surface area contributed by atoms with E-state index >= 15 is 0 Å². The predicted octanol–water partition coefficient (Wildman–Crippen LogP) is 3.78. The van der Waals surface area contributed by atoms with Crippen LogP contribution in [0.1, 0.15) is 51.4 Å². The van der Waals surface area contributed by atoms with Crippen molar-refractivity contribution >= 4 is 15.9 Å². The van der Waals surface area contributed by atoms with E-state index in [9.17, 15) is 0 Å². The van der Waals surface area contributed by atoms with Crippen LogP contribution in [0.25, 0.3) is 0 Å². The van der Waals surface area contributed by atoms with Crippen molar-refractivity contribution < 1.29 is 0 Å². The first-order chi connectivity index (χ1) is 9.60. The molecule has 1 aliphatic rings. The number of aromatic nitrogens is 2. The zero-order valence-corrected chi connectivity index (χ0v) is 14.6. The van der Waals surface area contributed by atoms with E-state index in [1.54, 1.807) is 0 Å². The molecule has 1 aliphatic carbocycles. The fourth-order valence-electron chi connectivity index (χ4n) is 3.58. The van der Waals surface area contributed by atoms with Crippen molar-refractivity contribution in [2.45, 2.75) is 59.4 Å². The summed E-state index contributed by atoms with van der Waals surface area (Å²) in [5, 5.41) is 4.72. The van der Waals surface area contributed by atoms with Crippen molar-refractivity contribution in [1.82, 2.24) is 9.78 Å². The molecule has 0 aliphatic heterocycles. The van der Waals surface area contributed by atoms with Gasteiger partial charge in [0.2, 0.25) is 0 Å². The fourth-order valence-corrected chi connectivity index (χ4v) is 4.31. The summed E-state index contributed by atoms with van der Waals surface area (Å²) in [4.78, 5) is 0. The summed E-state index contributed by atoms with van der Waals surface area (Å²) in [5.41, 5.74) is 8.57. The molecule has 2 rings (SSSR count). The Morgan fingerprint density at radius 2 is 2.05 bits per heavy atom. The summed E-state index contributed by atoms with van der Waals surface area (Å²) in [5.74, 6) is 2.24. The summed E-state index contributed by atoms with van der Waals surface area (Å²) in [6.07, 6.45) is 6.05. The van der Waals surface area contributed by atoms with Gasteiger partial charge in [-0.1, -0.05) is 20.3 Å². The average Bonchev–Trinajstić information content (AvgIpc) is 2.75. The summed E-state index contributed by atoms with van der Waals surface area (Å²) in [6.45, 7) is 8.50. The Morgan fingerprint density at radius 3 is 2.65 bits per heavy atom. The first-order valence-corrected chi connectivity index (χ1v) is 8.84. The van der Waals surface area contributed by atoms with Crippen molar-refractivity contribution in [3.05, 3.63) is 15.9 Å². The highest BCUT2D eigenvalue weighted by Crippen LogP contribution is 2.37. The van der Waals surface area contributed by atoms with Crippen LogP contribution in [-0.4, -0.2) is 16.3 Å². The van der Waals surface area contributed by atoms with E-state index in [2.05, 4.69) is 41.4 Å². The largest absolute Gasteiger partial charge is 0.330 e. The molecule has 1 saturated carbocycles. The molecule has 0 radical (unpaired) electrons. The second-order valence-electron chi connectivity index (χ2n) is 6.25. The third-order valence-electron chi connectivity index (χ3n) is 4.85. The monoisotopic (exact) mass is 341 g/mol. The van der Waals surface area contributed by atoms with Crippen molar-refractivity contribution in [3.8, 4) is 0 Å². The molecule has 3 unspecified atom stereocenters. The Labute approximate surface area is 131 Å². The molecule has 0 saturated heterocycles. The topological polar surface area (TPSA) is 43.8 Å². The second kappa shape index (κ2) is 7.08. The maximum Gasteiger partial charge on any atom is 0.0766 e. The summed E-state index contributed by atoms with van der Waals surface area (Å²) in [7, 11) is 0. The number of aryl methyl sites for hydroxylation is 2. The van der Waals surface area contributed by atoms with Crippen LogP contribution < -0.4 is 5.73 Å². The zero-order chi connectivity index (χ0) is 14.7. The molecule has 0 amide bonds. The molecule has 1 aromatic rings. The molecule has 0 spiro atoms. The smallest absolute Gasteiger partial charge is 0.0766 e. The van der Waals surface area contributed by atoms with Gasteiger partial charge >= 0.3 is 0 Å². The Bertz CT molecular complexity index is 441. The molecule has 1 aromatic heterocycles. The van der Waals surface area contributed by atoms with Crippen molar-refractivity contribution in [2.75, 3.05) is 6.54 Å². The van der Waals surface area contributed by atoms with E-state index in [-0.39, 0.29) is 0 Å². The molecular formula is C16H28BrN3. The van der Waals surface area contributed by atoms with E-state index in [1.165, 1.54) is 35.1 Å². The Hall–Kier alpha value is -0.350. The molecule has 0 bridgehead atoms. The molecule has 114 valence electrons. The van der Waals surface area contributed by atoms with Gasteiger partial charge in [-0.25, -0.2) is 0 Å². The number of hydrogen-bond acceptors (Lipinski definition) is 2. The molecule has 1 fully saturated rings. The highest BCUT2D eigenvalue weighted by molar-refractivity contribution is 9.10. The number of halogens is 1. The minimum absolute atomic E-state index is 0.684. The lowest BCUT2D eigenvalue weighted by atomic mass is 9.73. The van der Waals surface area contributed by atoms with Gasteiger partial charge in [0.1, 0.15) is 0 Å². The van der Waals surface area contributed by atoms with Gasteiger partial charge in [-0.15, -0.1) is 0 Å². The molecule has 4 heteroatoms. The van der Waals surface area contributed by atoms with Crippen LogP contribution in [0, 0.1) is 17.8 Å². The van der Waals surface area contributed by atoms with Crippen LogP contribution in [0.3, 0.4) is 0 Å². The second-order valence-corrected chi connectivity index (χ2v) is 7.05. The highest BCUT2D eigenvalue weighted by atomic mass is 79.9. The molecule has 1 heterocycles. The normalized spacial score (nSPS) is 26.9. The maximum atomic E-state index is 6.00. The SMILES string of the molecule is CCc1nn(CC)c(CC2CC(C)CCC2CN)c1Br. The summed E-state index contributed by atoms with van der Waals surface area (Å²) < 4.78 is 3.41. The number of hydrogen-bond donors (Lipinski definition) is 1. The molecule has 2 N–H and O–H groups in total. The van der Waals surface area contributed by atoms with Gasteiger partial charge in [0.15, 0.2) is 0 Å². The molecule has 0 aromatic carbocycles. The lowest BCUT2D eigenvalue weighted by molar-refractivity contribution is 0.190. The Balaban J connectivity index is 2.21. The number of rotatable bonds is 5. The van der Waals surface area contributed by atoms with Gasteiger partial charge in [-0.2, -0.15) is 5.10 Å². The Morgan fingerprint density at radius 1 is 1.30 bits per heavy atom. The lowest BCUT2D eigenvalue weighted by Crippen LogP contribution is -2.31. The van der Waals surface area contributed by atoms with E-state index in [1.807, 2.05) is 0 Å². The standard InChI is InChI=1S/C16H28BrN3/c1-4-14-16(17)15(20(5-2)19-14)9-13-8-11(3)6-7-12(13)10-18/h11-13H,4-10,18H2,1-3H3. The quantitative estimate of drug-likeness (QED) is 0.885. The highest BCUT2D eigenvalue weighted by Gasteiger charge is 2.29. The molecule has 3 atom stereocenters. The first kappa shape index (κ1) is 16.0. The van der Waals surface area contributed by atoms with Gasteiger partial charge in [0.25, 0.3) is 0 Å². The van der Waals surface area contributed by atoms with Gasteiger partial charge in [0, 0.05) is 6.54 Å². The zero-order valence-electron chi connectivity index (χ0n) is 13.0. The van der Waals surface area contributed by atoms with Crippen LogP contribution in [0.15, 0.2) is 4.47 Å². The van der Waals surface area contributed by atoms with Crippen LogP contribution in [0.2, 0.25) is 0 Å². The van der Waals surface area contributed by atoms with E-state index in [0.717, 1.165) is 31.8 Å². The van der Waals surface area contributed by atoms with E-state index in [0.29, 0.717) is 11.8 Å². The van der Waals surface area contributed by atoms with Crippen molar-refractivity contribution in [3.63, 3.8) is 0 Å². The number of nitrogens with two attached hydrogens (primary N) is 1. The van der Waals surface area contributed by atoms with Crippen LogP contribution in [0.5, 0.6) is 0 Å². The fraction of sp³-hybridized carbons (Fsp3) is 0.812. The van der Waals surface area contributed by atoms with Crippen LogP contribution in [-0.2, 0) is 19.4 Å².